The van der Waals surface area contributed by atoms with E-state index in [1.54, 1.807) is 12.1 Å². The van der Waals surface area contributed by atoms with Crippen LogP contribution in [0.4, 0.5) is 9.39 Å². The molecule has 0 bridgehead atoms. The number of carbonyl (C=O) groups is 1. The lowest BCUT2D eigenvalue weighted by molar-refractivity contribution is -0.885. The number of likely N-dealkylation sites (N-methyl/N-ethyl adjacent to an activating group) is 1. The van der Waals surface area contributed by atoms with E-state index in [4.69, 9.17) is 0 Å². The first-order valence-electron chi connectivity index (χ1n) is 9.79. The van der Waals surface area contributed by atoms with Crippen molar-refractivity contribution in [3.8, 4) is 6.07 Å². The number of amides is 1. The topological polar surface area (TPSA) is 73.9 Å². The molecule has 0 aliphatic carbocycles. The van der Waals surface area contributed by atoms with Crippen molar-refractivity contribution in [3.05, 3.63) is 51.7 Å². The van der Waals surface area contributed by atoms with Gasteiger partial charge in [-0.1, -0.05) is 12.1 Å². The number of fused-ring (bicyclic) bond motifs is 1. The van der Waals surface area contributed by atoms with Crippen molar-refractivity contribution in [1.29, 1.82) is 5.26 Å². The Balaban J connectivity index is 1.73. The summed E-state index contributed by atoms with van der Waals surface area (Å²) in [5.41, 5.74) is 2.51. The second kappa shape index (κ2) is 7.86. The number of thiophene rings is 1. The minimum Gasteiger partial charge on any atom is -0.333 e. The number of nitriles is 1. The Morgan fingerprint density at radius 1 is 1.31 bits per heavy atom. The molecule has 0 saturated heterocycles. The van der Waals surface area contributed by atoms with Gasteiger partial charge in [-0.05, 0) is 45.4 Å². The van der Waals surface area contributed by atoms with Crippen molar-refractivity contribution in [2.75, 3.05) is 18.9 Å². The summed E-state index contributed by atoms with van der Waals surface area (Å²) < 4.78 is 13.0. The number of quaternary nitrogens is 2. The molecule has 2 heterocycles. The van der Waals surface area contributed by atoms with E-state index >= 15 is 0 Å². The van der Waals surface area contributed by atoms with Crippen LogP contribution >= 0.6 is 11.3 Å². The predicted molar refractivity (Wildman–Crippen MR) is 112 cm³/mol. The molecule has 1 aromatic heterocycles. The van der Waals surface area contributed by atoms with Crippen molar-refractivity contribution in [1.82, 2.24) is 0 Å². The summed E-state index contributed by atoms with van der Waals surface area (Å²) in [5, 5.41) is 15.7. The first-order chi connectivity index (χ1) is 13.5. The smallest absolute Gasteiger partial charge is 0.280 e. The third-order valence-electron chi connectivity index (χ3n) is 5.22. The molecule has 3 rings (SSSR count). The predicted octanol–water partition coefficient (Wildman–Crippen LogP) is 1.55. The van der Waals surface area contributed by atoms with Gasteiger partial charge in [0.1, 0.15) is 29.0 Å². The molecule has 1 aromatic carbocycles. The Kier molecular flexibility index (Phi) is 5.81. The standard InChI is InChI=1S/C22H27FN4OS/c1-21(2)10-16-17(11-24)20(29-19(16)22(3,4)26-21)25-18(28)13-27(5)12-14-6-8-15(23)9-7-14/h6-9,26H,10,12-13H2,1-5H3,(H,25,28)/p+2. The van der Waals surface area contributed by atoms with E-state index in [0.29, 0.717) is 17.1 Å². The van der Waals surface area contributed by atoms with Crippen molar-refractivity contribution in [2.24, 2.45) is 0 Å². The largest absolute Gasteiger partial charge is 0.333 e. The van der Waals surface area contributed by atoms with Crippen molar-refractivity contribution in [3.63, 3.8) is 0 Å². The highest BCUT2D eigenvalue weighted by Crippen LogP contribution is 2.41. The zero-order valence-corrected chi connectivity index (χ0v) is 18.5. The molecule has 4 N–H and O–H groups in total. The Hall–Kier alpha value is -2.27. The Morgan fingerprint density at radius 2 is 1.97 bits per heavy atom. The van der Waals surface area contributed by atoms with E-state index in [1.807, 2.05) is 7.05 Å². The average molecular weight is 417 g/mol. The fraction of sp³-hybridized carbons (Fsp3) is 0.455. The summed E-state index contributed by atoms with van der Waals surface area (Å²) in [6, 6.07) is 8.65. The van der Waals surface area contributed by atoms with E-state index < -0.39 is 0 Å². The number of nitrogens with two attached hydrogens (primary N) is 1. The lowest BCUT2D eigenvalue weighted by Gasteiger charge is -2.38. The van der Waals surface area contributed by atoms with Crippen LogP contribution in [-0.4, -0.2) is 25.0 Å². The normalized spacial score (nSPS) is 17.8. The van der Waals surface area contributed by atoms with Crippen LogP contribution in [0.15, 0.2) is 24.3 Å². The quantitative estimate of drug-likeness (QED) is 0.692. The SMILES string of the molecule is C[NH+](CC(=O)Nc1sc2c(c1C#N)CC(C)(C)[NH2+]C2(C)C)Cc1ccc(F)cc1. The zero-order valence-electron chi connectivity index (χ0n) is 17.6. The van der Waals surface area contributed by atoms with Gasteiger partial charge < -0.3 is 15.5 Å². The van der Waals surface area contributed by atoms with Crippen molar-refractivity contribution < 1.29 is 19.4 Å². The zero-order chi connectivity index (χ0) is 21.4. The molecule has 0 saturated carbocycles. The number of halogens is 1. The van der Waals surface area contributed by atoms with Gasteiger partial charge in [0, 0.05) is 12.0 Å². The van der Waals surface area contributed by atoms with Gasteiger partial charge in [-0.25, -0.2) is 4.39 Å². The number of nitrogens with zero attached hydrogens (tertiary/aromatic N) is 1. The monoisotopic (exact) mass is 416 g/mol. The summed E-state index contributed by atoms with van der Waals surface area (Å²) in [6.45, 7) is 9.58. The molecule has 1 aliphatic heterocycles. The van der Waals surface area contributed by atoms with Crippen LogP contribution < -0.4 is 15.5 Å². The molecule has 1 atom stereocenters. The molecular formula is C22H29FN4OS+2. The van der Waals surface area contributed by atoms with Gasteiger partial charge >= 0.3 is 0 Å². The van der Waals surface area contributed by atoms with E-state index in [-0.39, 0.29) is 29.3 Å². The van der Waals surface area contributed by atoms with Crippen LogP contribution in [0.3, 0.4) is 0 Å². The molecule has 29 heavy (non-hydrogen) atoms. The highest BCUT2D eigenvalue weighted by molar-refractivity contribution is 7.16. The van der Waals surface area contributed by atoms with Crippen LogP contribution in [0.1, 0.15) is 49.3 Å². The van der Waals surface area contributed by atoms with Crippen LogP contribution in [-0.2, 0) is 23.3 Å². The number of carbonyl (C=O) groups excluding carboxylic acids is 1. The number of benzene rings is 1. The second-order valence-electron chi connectivity index (χ2n) is 9.24. The van der Waals surface area contributed by atoms with Gasteiger partial charge in [-0.15, -0.1) is 11.3 Å². The van der Waals surface area contributed by atoms with Gasteiger partial charge in [0.25, 0.3) is 5.91 Å². The molecule has 1 unspecified atom stereocenters. The summed E-state index contributed by atoms with van der Waals surface area (Å²) >= 11 is 1.52. The maximum atomic E-state index is 13.0. The second-order valence-corrected chi connectivity index (χ2v) is 10.3. The van der Waals surface area contributed by atoms with E-state index in [1.165, 1.54) is 23.5 Å². The van der Waals surface area contributed by atoms with E-state index in [9.17, 15) is 14.4 Å². The van der Waals surface area contributed by atoms with Gasteiger partial charge in [0.2, 0.25) is 0 Å². The maximum absolute atomic E-state index is 13.0. The summed E-state index contributed by atoms with van der Waals surface area (Å²) in [7, 11) is 1.92. The average Bonchev–Trinajstić information content (AvgIpc) is 2.92. The molecule has 1 aliphatic rings. The minimum absolute atomic E-state index is 0.00394. The van der Waals surface area contributed by atoms with Crippen LogP contribution in [0, 0.1) is 17.1 Å². The summed E-state index contributed by atoms with van der Waals surface area (Å²) in [5.74, 6) is -0.390. The fourth-order valence-corrected chi connectivity index (χ4v) is 5.63. The molecule has 5 nitrogen and oxygen atoms in total. The van der Waals surface area contributed by atoms with Crippen LogP contribution in [0.5, 0.6) is 0 Å². The van der Waals surface area contributed by atoms with Crippen molar-refractivity contribution in [2.45, 2.75) is 51.7 Å². The number of hydrogen-bond donors (Lipinski definition) is 3. The molecule has 7 heteroatoms. The van der Waals surface area contributed by atoms with Gasteiger partial charge in [-0.3, -0.25) is 4.79 Å². The number of rotatable bonds is 5. The highest BCUT2D eigenvalue weighted by Gasteiger charge is 2.44. The molecule has 154 valence electrons. The first-order valence-corrected chi connectivity index (χ1v) is 10.6. The molecule has 1 amide bonds. The molecule has 0 fully saturated rings. The Morgan fingerprint density at radius 3 is 2.59 bits per heavy atom. The van der Waals surface area contributed by atoms with Gasteiger partial charge in [-0.2, -0.15) is 5.26 Å². The third kappa shape index (κ3) is 4.84. The van der Waals surface area contributed by atoms with Gasteiger partial charge in [0.05, 0.1) is 23.0 Å². The number of nitrogens with one attached hydrogen (secondary N) is 2. The fourth-order valence-electron chi connectivity index (χ4n) is 4.37. The lowest BCUT2D eigenvalue weighted by atomic mass is 9.81. The van der Waals surface area contributed by atoms with E-state index in [0.717, 1.165) is 27.3 Å². The van der Waals surface area contributed by atoms with Crippen molar-refractivity contribution >= 4 is 22.2 Å². The lowest BCUT2D eigenvalue weighted by Crippen LogP contribution is -3.08. The number of anilines is 1. The van der Waals surface area contributed by atoms with Crippen LogP contribution in [0.25, 0.3) is 0 Å². The van der Waals surface area contributed by atoms with Gasteiger partial charge in [0.15, 0.2) is 6.54 Å². The molecular weight excluding hydrogens is 387 g/mol. The minimum atomic E-state index is -0.266. The number of hydrogen-bond acceptors (Lipinski definition) is 3. The maximum Gasteiger partial charge on any atom is 0.280 e. The summed E-state index contributed by atoms with van der Waals surface area (Å²) in [6.07, 6.45) is 0.802. The Labute approximate surface area is 175 Å². The highest BCUT2D eigenvalue weighted by atomic mass is 32.1. The molecule has 2 aromatic rings. The first kappa shape index (κ1) is 21.4. The Bertz CT molecular complexity index is 956. The molecule has 0 spiro atoms. The third-order valence-corrected chi connectivity index (χ3v) is 6.71. The van der Waals surface area contributed by atoms with E-state index in [2.05, 4.69) is 44.4 Å². The summed E-state index contributed by atoms with van der Waals surface area (Å²) in [4.78, 5) is 14.8. The molecule has 0 radical (unpaired) electrons. The van der Waals surface area contributed by atoms with Crippen LogP contribution in [0.2, 0.25) is 0 Å².